The van der Waals surface area contributed by atoms with Gasteiger partial charge in [-0.15, -0.1) is 0 Å². The van der Waals surface area contributed by atoms with Crippen molar-refractivity contribution in [1.29, 1.82) is 5.41 Å². The second kappa shape index (κ2) is 9.78. The van der Waals surface area contributed by atoms with E-state index in [1.165, 1.54) is 10.5 Å². The fourth-order valence-electron chi connectivity index (χ4n) is 3.95. The Hall–Kier alpha value is -4.14. The first-order valence-electron chi connectivity index (χ1n) is 11.1. The van der Waals surface area contributed by atoms with Crippen LogP contribution in [0, 0.1) is 5.41 Å². The van der Waals surface area contributed by atoms with Crippen LogP contribution in [0.25, 0.3) is 16.7 Å². The Morgan fingerprint density at radius 1 is 1.12 bits per heavy atom. The van der Waals surface area contributed by atoms with Gasteiger partial charge in [-0.2, -0.15) is 0 Å². The number of aryl methyl sites for hydroxylation is 1. The van der Waals surface area contributed by atoms with Crippen LogP contribution in [0.4, 0.5) is 0 Å². The van der Waals surface area contributed by atoms with E-state index in [1.54, 1.807) is 43.2 Å². The second-order valence-electron chi connectivity index (χ2n) is 7.84. The molecule has 2 N–H and O–H groups in total. The molecule has 4 aromatic rings. The molecule has 9 nitrogen and oxygen atoms in total. The number of hydrogen-bond acceptors (Lipinski definition) is 6. The monoisotopic (exact) mass is 461 g/mol. The van der Waals surface area contributed by atoms with Crippen molar-refractivity contribution in [3.8, 4) is 11.5 Å². The highest BCUT2D eigenvalue weighted by molar-refractivity contribution is 5.96. The molecule has 0 saturated carbocycles. The minimum absolute atomic E-state index is 0.0325. The van der Waals surface area contributed by atoms with E-state index in [0.717, 1.165) is 12.0 Å². The Kier molecular flexibility index (Phi) is 6.62. The van der Waals surface area contributed by atoms with Gasteiger partial charge in [0, 0.05) is 19.3 Å². The quantitative estimate of drug-likeness (QED) is 0.392. The number of ether oxygens (including phenoxy) is 2. The first kappa shape index (κ1) is 23.0. The van der Waals surface area contributed by atoms with Gasteiger partial charge in [-0.05, 0) is 48.7 Å². The summed E-state index contributed by atoms with van der Waals surface area (Å²) in [7, 11) is 3.15. The molecule has 4 rings (SSSR count). The summed E-state index contributed by atoms with van der Waals surface area (Å²) in [5.41, 5.74) is 1.77. The van der Waals surface area contributed by atoms with E-state index in [2.05, 4.69) is 10.3 Å². The summed E-state index contributed by atoms with van der Waals surface area (Å²) < 4.78 is 13.7. The lowest BCUT2D eigenvalue weighted by Gasteiger charge is -2.14. The summed E-state index contributed by atoms with van der Waals surface area (Å²) in [6, 6.07) is 12.4. The fourth-order valence-corrected chi connectivity index (χ4v) is 3.95. The van der Waals surface area contributed by atoms with Crippen molar-refractivity contribution in [1.82, 2.24) is 19.3 Å². The minimum atomic E-state index is -0.408. The van der Waals surface area contributed by atoms with Gasteiger partial charge < -0.3 is 19.4 Å². The summed E-state index contributed by atoms with van der Waals surface area (Å²) in [6.45, 7) is 2.80. The van der Waals surface area contributed by atoms with Crippen molar-refractivity contribution < 1.29 is 14.3 Å². The summed E-state index contributed by atoms with van der Waals surface area (Å²) in [4.78, 5) is 30.8. The highest BCUT2D eigenvalue weighted by Gasteiger charge is 2.17. The molecule has 3 heterocycles. The maximum absolute atomic E-state index is 13.1. The van der Waals surface area contributed by atoms with Crippen molar-refractivity contribution in [2.75, 3.05) is 20.8 Å². The molecule has 34 heavy (non-hydrogen) atoms. The number of carbonyl (C=O) groups is 1. The van der Waals surface area contributed by atoms with Crippen LogP contribution in [0.15, 0.2) is 53.5 Å². The van der Waals surface area contributed by atoms with E-state index < -0.39 is 5.91 Å². The standard InChI is InChI=1S/C25H27N5O4/c1-4-12-30-22(26)17(15-18-23(30)28-21-7-5-6-13-29(21)25(18)32)24(31)27-11-10-16-8-9-19(33-2)20(14-16)34-3/h5-9,13-15,26H,4,10-12H2,1-3H3,(H,27,31). The maximum atomic E-state index is 13.1. The van der Waals surface area contributed by atoms with Crippen molar-refractivity contribution in [3.05, 3.63) is 75.6 Å². The number of nitrogens with one attached hydrogen (secondary N) is 2. The fraction of sp³-hybridized carbons (Fsp3) is 0.280. The first-order chi connectivity index (χ1) is 16.5. The van der Waals surface area contributed by atoms with Crippen molar-refractivity contribution in [2.24, 2.45) is 0 Å². The smallest absolute Gasteiger partial charge is 0.267 e. The number of fused-ring (bicyclic) bond motifs is 2. The molecule has 1 aromatic carbocycles. The molecular formula is C25H27N5O4. The Labute approximate surface area is 196 Å². The van der Waals surface area contributed by atoms with Crippen LogP contribution in [0.3, 0.4) is 0 Å². The molecule has 1 amide bonds. The number of carbonyl (C=O) groups excluding carboxylic acids is 1. The largest absolute Gasteiger partial charge is 0.493 e. The molecule has 9 heteroatoms. The number of amides is 1. The van der Waals surface area contributed by atoms with Crippen LogP contribution in [0.2, 0.25) is 0 Å². The van der Waals surface area contributed by atoms with Crippen LogP contribution in [-0.2, 0) is 13.0 Å². The first-order valence-corrected chi connectivity index (χ1v) is 11.1. The van der Waals surface area contributed by atoms with Crippen LogP contribution < -0.4 is 25.8 Å². The van der Waals surface area contributed by atoms with E-state index in [-0.39, 0.29) is 16.6 Å². The third-order valence-corrected chi connectivity index (χ3v) is 5.66. The van der Waals surface area contributed by atoms with Gasteiger partial charge in [-0.25, -0.2) is 4.98 Å². The third kappa shape index (κ3) is 4.24. The third-order valence-electron chi connectivity index (χ3n) is 5.66. The molecule has 0 aliphatic heterocycles. The summed E-state index contributed by atoms with van der Waals surface area (Å²) in [5.74, 6) is 0.850. The number of methoxy groups -OCH3 is 2. The lowest BCUT2D eigenvalue weighted by molar-refractivity contribution is 0.0951. The Bertz CT molecular complexity index is 1490. The zero-order chi connectivity index (χ0) is 24.2. The number of benzene rings is 1. The van der Waals surface area contributed by atoms with E-state index in [4.69, 9.17) is 14.9 Å². The predicted molar refractivity (Wildman–Crippen MR) is 129 cm³/mol. The molecule has 0 atom stereocenters. The molecule has 0 aliphatic rings. The molecular weight excluding hydrogens is 434 g/mol. The Morgan fingerprint density at radius 2 is 1.91 bits per heavy atom. The van der Waals surface area contributed by atoms with Crippen molar-refractivity contribution >= 4 is 22.6 Å². The average molecular weight is 462 g/mol. The number of hydrogen-bond donors (Lipinski definition) is 2. The number of aromatic nitrogens is 3. The van der Waals surface area contributed by atoms with Gasteiger partial charge >= 0.3 is 0 Å². The topological polar surface area (TPSA) is 111 Å². The van der Waals surface area contributed by atoms with Crippen molar-refractivity contribution in [3.63, 3.8) is 0 Å². The SMILES string of the molecule is CCCn1c(=N)c(C(=O)NCCc2ccc(OC)c(OC)c2)cc2c(=O)n3ccccc3nc21. The van der Waals surface area contributed by atoms with Gasteiger partial charge in [0.15, 0.2) is 11.5 Å². The lowest BCUT2D eigenvalue weighted by atomic mass is 10.1. The minimum Gasteiger partial charge on any atom is -0.493 e. The van der Waals surface area contributed by atoms with Gasteiger partial charge in [0.25, 0.3) is 11.5 Å². The zero-order valence-corrected chi connectivity index (χ0v) is 19.4. The highest BCUT2D eigenvalue weighted by Crippen LogP contribution is 2.27. The van der Waals surface area contributed by atoms with Crippen LogP contribution in [0.5, 0.6) is 11.5 Å². The Balaban J connectivity index is 1.65. The van der Waals surface area contributed by atoms with Crippen LogP contribution in [-0.4, -0.2) is 40.6 Å². The lowest BCUT2D eigenvalue weighted by Crippen LogP contribution is -2.35. The van der Waals surface area contributed by atoms with E-state index in [1.807, 2.05) is 25.1 Å². The molecule has 0 spiro atoms. The van der Waals surface area contributed by atoms with Gasteiger partial charge in [0.1, 0.15) is 16.8 Å². The predicted octanol–water partition coefficient (Wildman–Crippen LogP) is 2.53. The number of rotatable bonds is 8. The molecule has 0 bridgehead atoms. The number of pyridine rings is 2. The zero-order valence-electron chi connectivity index (χ0n) is 19.4. The van der Waals surface area contributed by atoms with Gasteiger partial charge in [0.05, 0.1) is 25.2 Å². The molecule has 0 unspecified atom stereocenters. The van der Waals surface area contributed by atoms with Crippen LogP contribution >= 0.6 is 0 Å². The van der Waals surface area contributed by atoms with E-state index in [0.29, 0.717) is 47.7 Å². The van der Waals surface area contributed by atoms with Crippen LogP contribution in [0.1, 0.15) is 29.3 Å². The molecule has 0 aliphatic carbocycles. The summed E-state index contributed by atoms with van der Waals surface area (Å²) in [5, 5.41) is 11.8. The number of nitrogens with zero attached hydrogens (tertiary/aromatic N) is 3. The molecule has 0 radical (unpaired) electrons. The van der Waals surface area contributed by atoms with Crippen molar-refractivity contribution in [2.45, 2.75) is 26.3 Å². The van der Waals surface area contributed by atoms with Gasteiger partial charge in [-0.3, -0.25) is 19.4 Å². The van der Waals surface area contributed by atoms with Gasteiger partial charge in [-0.1, -0.05) is 19.1 Å². The van der Waals surface area contributed by atoms with E-state index >= 15 is 0 Å². The normalized spacial score (nSPS) is 11.0. The summed E-state index contributed by atoms with van der Waals surface area (Å²) >= 11 is 0. The second-order valence-corrected chi connectivity index (χ2v) is 7.84. The molecule has 176 valence electrons. The summed E-state index contributed by atoms with van der Waals surface area (Å²) in [6.07, 6.45) is 2.94. The van der Waals surface area contributed by atoms with E-state index in [9.17, 15) is 9.59 Å². The molecule has 3 aromatic heterocycles. The molecule has 0 saturated heterocycles. The average Bonchev–Trinajstić information content (AvgIpc) is 2.85. The highest BCUT2D eigenvalue weighted by atomic mass is 16.5. The Morgan fingerprint density at radius 3 is 2.65 bits per heavy atom. The maximum Gasteiger partial charge on any atom is 0.267 e. The van der Waals surface area contributed by atoms with Gasteiger partial charge in [0.2, 0.25) is 0 Å². The molecule has 0 fully saturated rings.